The van der Waals surface area contributed by atoms with Gasteiger partial charge < -0.3 is 9.47 Å². The summed E-state index contributed by atoms with van der Waals surface area (Å²) < 4.78 is 33.3. The highest BCUT2D eigenvalue weighted by Gasteiger charge is 2.09. The minimum atomic E-state index is -3.69. The van der Waals surface area contributed by atoms with E-state index in [1.807, 2.05) is 12.1 Å². The standard InChI is InChI=1S/C18H18N2O4S/c1-3-11-24-18-15(5-4-6-17(18)23-2)13-20-12-14-7-9-16(10-8-14)25(19,21)22/h1,4-10,13H,11-12H2,2H3,(H2,19,21,22). The van der Waals surface area contributed by atoms with Crippen molar-refractivity contribution in [1.29, 1.82) is 0 Å². The Balaban J connectivity index is 2.15. The molecule has 0 atom stereocenters. The zero-order valence-corrected chi connectivity index (χ0v) is 14.5. The first-order chi connectivity index (χ1) is 12.0. The van der Waals surface area contributed by atoms with Gasteiger partial charge in [0.25, 0.3) is 0 Å². The predicted molar refractivity (Wildman–Crippen MR) is 96.4 cm³/mol. The van der Waals surface area contributed by atoms with Crippen LogP contribution in [0.5, 0.6) is 11.5 Å². The van der Waals surface area contributed by atoms with Crippen LogP contribution in [0.1, 0.15) is 11.1 Å². The summed E-state index contributed by atoms with van der Waals surface area (Å²) in [4.78, 5) is 4.42. The molecule has 2 rings (SSSR count). The third-order valence-corrected chi connectivity index (χ3v) is 4.21. The summed E-state index contributed by atoms with van der Waals surface area (Å²) in [6, 6.07) is 11.7. The van der Waals surface area contributed by atoms with E-state index in [0.29, 0.717) is 18.0 Å². The zero-order valence-electron chi connectivity index (χ0n) is 13.7. The maximum absolute atomic E-state index is 11.2. The molecule has 2 aromatic carbocycles. The Morgan fingerprint density at radius 2 is 1.96 bits per heavy atom. The van der Waals surface area contributed by atoms with Crippen LogP contribution in [0.4, 0.5) is 0 Å². The molecule has 25 heavy (non-hydrogen) atoms. The first-order valence-electron chi connectivity index (χ1n) is 7.30. The van der Waals surface area contributed by atoms with Crippen molar-refractivity contribution < 1.29 is 17.9 Å². The molecular formula is C18H18N2O4S. The number of methoxy groups -OCH3 is 1. The summed E-state index contributed by atoms with van der Waals surface area (Å²) in [6.07, 6.45) is 6.89. The highest BCUT2D eigenvalue weighted by molar-refractivity contribution is 7.89. The molecule has 6 nitrogen and oxygen atoms in total. The fourth-order valence-electron chi connectivity index (χ4n) is 2.10. The summed E-state index contributed by atoms with van der Waals surface area (Å²) in [5.74, 6) is 3.50. The first kappa shape index (κ1) is 18.5. The Morgan fingerprint density at radius 1 is 1.24 bits per heavy atom. The normalized spacial score (nSPS) is 11.2. The molecule has 0 spiro atoms. The lowest BCUT2D eigenvalue weighted by molar-refractivity contribution is 0.330. The summed E-state index contributed by atoms with van der Waals surface area (Å²) in [6.45, 7) is 0.493. The van der Waals surface area contributed by atoms with Crippen LogP contribution in [0.25, 0.3) is 0 Å². The molecule has 0 saturated carbocycles. The second kappa shape index (κ2) is 8.33. The van der Waals surface area contributed by atoms with E-state index in [9.17, 15) is 8.42 Å². The molecule has 0 aliphatic carbocycles. The van der Waals surface area contributed by atoms with Gasteiger partial charge in [0, 0.05) is 11.8 Å². The van der Waals surface area contributed by atoms with Crippen molar-refractivity contribution in [2.24, 2.45) is 10.1 Å². The van der Waals surface area contributed by atoms with Crippen LogP contribution in [0.3, 0.4) is 0 Å². The number of rotatable bonds is 7. The van der Waals surface area contributed by atoms with Crippen LogP contribution in [0.15, 0.2) is 52.4 Å². The van der Waals surface area contributed by atoms with E-state index < -0.39 is 10.0 Å². The molecule has 0 amide bonds. The summed E-state index contributed by atoms with van der Waals surface area (Å²) in [5, 5.41) is 5.07. The monoisotopic (exact) mass is 358 g/mol. The smallest absolute Gasteiger partial charge is 0.238 e. The Bertz CT molecular complexity index is 898. The molecule has 0 unspecified atom stereocenters. The van der Waals surface area contributed by atoms with Crippen LogP contribution < -0.4 is 14.6 Å². The molecule has 0 aliphatic rings. The zero-order chi connectivity index (χ0) is 18.3. The van der Waals surface area contributed by atoms with E-state index in [1.54, 1.807) is 31.5 Å². The molecule has 0 bridgehead atoms. The number of nitrogens with two attached hydrogens (primary N) is 1. The maximum atomic E-state index is 11.2. The van der Waals surface area contributed by atoms with E-state index in [1.165, 1.54) is 12.1 Å². The van der Waals surface area contributed by atoms with Gasteiger partial charge in [0.2, 0.25) is 10.0 Å². The van der Waals surface area contributed by atoms with Gasteiger partial charge in [-0.05, 0) is 29.8 Å². The van der Waals surface area contributed by atoms with Crippen molar-refractivity contribution in [3.8, 4) is 23.8 Å². The molecule has 0 radical (unpaired) electrons. The SMILES string of the molecule is C#CCOc1c(C=NCc2ccc(S(N)(=O)=O)cc2)cccc1OC. The van der Waals surface area contributed by atoms with Gasteiger partial charge in [-0.3, -0.25) is 4.99 Å². The molecule has 0 fully saturated rings. The molecule has 130 valence electrons. The Labute approximate surface area is 147 Å². The average Bonchev–Trinajstić information content (AvgIpc) is 2.60. The molecule has 0 saturated heterocycles. The second-order valence-electron chi connectivity index (χ2n) is 5.03. The van der Waals surface area contributed by atoms with Crippen molar-refractivity contribution in [2.45, 2.75) is 11.4 Å². The quantitative estimate of drug-likeness (QED) is 0.605. The number of nitrogens with zero attached hydrogens (tertiary/aromatic N) is 1. The van der Waals surface area contributed by atoms with Gasteiger partial charge in [-0.2, -0.15) is 0 Å². The van der Waals surface area contributed by atoms with E-state index in [0.717, 1.165) is 11.1 Å². The number of para-hydroxylation sites is 1. The van der Waals surface area contributed by atoms with Crippen LogP contribution in [-0.2, 0) is 16.6 Å². The number of aliphatic imine (C=N–C) groups is 1. The Hall–Kier alpha value is -2.82. The number of terminal acetylenes is 1. The van der Waals surface area contributed by atoms with Crippen molar-refractivity contribution >= 4 is 16.2 Å². The number of hydrogen-bond donors (Lipinski definition) is 1. The first-order valence-corrected chi connectivity index (χ1v) is 8.85. The van der Waals surface area contributed by atoms with Crippen LogP contribution in [0.2, 0.25) is 0 Å². The third kappa shape index (κ3) is 5.08. The molecule has 2 N–H and O–H groups in total. The lowest BCUT2D eigenvalue weighted by Gasteiger charge is -2.11. The molecule has 2 aromatic rings. The third-order valence-electron chi connectivity index (χ3n) is 3.29. The molecule has 0 aromatic heterocycles. The Morgan fingerprint density at radius 3 is 2.56 bits per heavy atom. The minimum absolute atomic E-state index is 0.0676. The number of benzene rings is 2. The van der Waals surface area contributed by atoms with Crippen LogP contribution >= 0.6 is 0 Å². The number of sulfonamides is 1. The number of hydrogen-bond acceptors (Lipinski definition) is 5. The second-order valence-corrected chi connectivity index (χ2v) is 6.59. The number of ether oxygens (including phenoxy) is 2. The lowest BCUT2D eigenvalue weighted by atomic mass is 10.2. The topological polar surface area (TPSA) is 91.0 Å². The molecule has 0 heterocycles. The summed E-state index contributed by atoms with van der Waals surface area (Å²) in [7, 11) is -2.14. The van der Waals surface area contributed by atoms with E-state index in [2.05, 4.69) is 10.9 Å². The highest BCUT2D eigenvalue weighted by atomic mass is 32.2. The predicted octanol–water partition coefficient (Wildman–Crippen LogP) is 1.97. The van der Waals surface area contributed by atoms with Gasteiger partial charge in [0.05, 0.1) is 18.6 Å². The maximum Gasteiger partial charge on any atom is 0.238 e. The van der Waals surface area contributed by atoms with Gasteiger partial charge in [0.15, 0.2) is 11.5 Å². The van der Waals surface area contributed by atoms with E-state index in [-0.39, 0.29) is 11.5 Å². The fourth-order valence-corrected chi connectivity index (χ4v) is 2.61. The van der Waals surface area contributed by atoms with Gasteiger partial charge in [-0.25, -0.2) is 13.6 Å². The van der Waals surface area contributed by atoms with Crippen LogP contribution in [-0.4, -0.2) is 28.3 Å². The summed E-state index contributed by atoms with van der Waals surface area (Å²) in [5.41, 5.74) is 1.58. The molecular weight excluding hydrogens is 340 g/mol. The summed E-state index contributed by atoms with van der Waals surface area (Å²) >= 11 is 0. The minimum Gasteiger partial charge on any atom is -0.493 e. The van der Waals surface area contributed by atoms with Crippen molar-refractivity contribution in [2.75, 3.05) is 13.7 Å². The van der Waals surface area contributed by atoms with Crippen molar-refractivity contribution in [1.82, 2.24) is 0 Å². The van der Waals surface area contributed by atoms with Gasteiger partial charge in [0.1, 0.15) is 6.61 Å². The largest absolute Gasteiger partial charge is 0.493 e. The van der Waals surface area contributed by atoms with Gasteiger partial charge in [-0.15, -0.1) is 6.42 Å². The molecule has 7 heteroatoms. The van der Waals surface area contributed by atoms with E-state index >= 15 is 0 Å². The Kier molecular flexibility index (Phi) is 6.17. The average molecular weight is 358 g/mol. The highest BCUT2D eigenvalue weighted by Crippen LogP contribution is 2.30. The van der Waals surface area contributed by atoms with E-state index in [4.69, 9.17) is 21.0 Å². The fraction of sp³-hybridized carbons (Fsp3) is 0.167. The molecule has 0 aliphatic heterocycles. The van der Waals surface area contributed by atoms with Crippen molar-refractivity contribution in [3.05, 3.63) is 53.6 Å². The van der Waals surface area contributed by atoms with Crippen LogP contribution in [0, 0.1) is 12.3 Å². The van der Waals surface area contributed by atoms with Gasteiger partial charge in [-0.1, -0.05) is 24.1 Å². The number of primary sulfonamides is 1. The van der Waals surface area contributed by atoms with Gasteiger partial charge >= 0.3 is 0 Å². The lowest BCUT2D eigenvalue weighted by Crippen LogP contribution is -2.11. The van der Waals surface area contributed by atoms with Crippen molar-refractivity contribution in [3.63, 3.8) is 0 Å².